The van der Waals surface area contributed by atoms with Gasteiger partial charge in [-0.3, -0.25) is 9.59 Å². The number of carbonyl (C=O) groups is 2. The Hall–Kier alpha value is -1.44. The average molecular weight is 766 g/mol. The number of nitrogens with zero attached hydrogens (tertiary/aromatic N) is 1. The molecule has 0 aliphatic rings. The fraction of sp³-hybridized carbons (Fsp3) is 0.915. The molecule has 0 amide bonds. The van der Waals surface area contributed by atoms with Crippen molar-refractivity contribution < 1.29 is 28.9 Å². The molecule has 0 fully saturated rings. The smallest absolute Gasteiger partial charge is 0.306 e. The topological polar surface area (TPSA) is 85.3 Å². The molecule has 7 heteroatoms. The van der Waals surface area contributed by atoms with E-state index in [-0.39, 0.29) is 24.6 Å². The number of esters is 2. The minimum atomic E-state index is -0.123. The van der Waals surface area contributed by atoms with Crippen LogP contribution in [0.15, 0.2) is 12.2 Å². The Kier molecular flexibility index (Phi) is 43.1. The maximum absolute atomic E-state index is 12.7. The summed E-state index contributed by atoms with van der Waals surface area (Å²) in [7, 11) is 0. The molecule has 0 aromatic carbocycles. The maximum Gasteiger partial charge on any atom is 0.306 e. The molecule has 0 rings (SSSR count). The van der Waals surface area contributed by atoms with Crippen molar-refractivity contribution in [1.29, 1.82) is 0 Å². The average Bonchev–Trinajstić information content (AvgIpc) is 3.17. The normalized spacial score (nSPS) is 11.7. The third kappa shape index (κ3) is 40.2. The van der Waals surface area contributed by atoms with Crippen LogP contribution in [0.25, 0.3) is 0 Å². The summed E-state index contributed by atoms with van der Waals surface area (Å²) in [5.41, 5.74) is 0. The Bertz CT molecular complexity index is 789. The van der Waals surface area contributed by atoms with Crippen molar-refractivity contribution in [3.63, 3.8) is 0 Å². The first-order valence-electron chi connectivity index (χ1n) is 23.5. The van der Waals surface area contributed by atoms with Crippen molar-refractivity contribution in [3.8, 4) is 0 Å². The number of ether oxygens (including phenoxy) is 3. The third-order valence-corrected chi connectivity index (χ3v) is 10.5. The minimum Gasteiger partial charge on any atom is -0.462 e. The lowest BCUT2D eigenvalue weighted by molar-refractivity contribution is -0.150. The van der Waals surface area contributed by atoms with Crippen LogP contribution >= 0.6 is 0 Å². The summed E-state index contributed by atoms with van der Waals surface area (Å²) in [5, 5.41) is 9.27. The first-order valence-corrected chi connectivity index (χ1v) is 23.5. The highest BCUT2D eigenvalue weighted by atomic mass is 16.5. The molecule has 320 valence electrons. The highest BCUT2D eigenvalue weighted by Crippen LogP contribution is 2.18. The number of hydrogen-bond donors (Lipinski definition) is 1. The Morgan fingerprint density at radius 1 is 0.500 bits per heavy atom. The first-order chi connectivity index (χ1) is 26.6. The predicted molar refractivity (Wildman–Crippen MR) is 229 cm³/mol. The summed E-state index contributed by atoms with van der Waals surface area (Å²) in [5.74, 6) is -0.113. The van der Waals surface area contributed by atoms with Crippen LogP contribution in [0.1, 0.15) is 226 Å². The van der Waals surface area contributed by atoms with Crippen molar-refractivity contribution in [2.45, 2.75) is 232 Å². The van der Waals surface area contributed by atoms with E-state index in [9.17, 15) is 14.7 Å². The Morgan fingerprint density at radius 3 is 1.48 bits per heavy atom. The summed E-state index contributed by atoms with van der Waals surface area (Å²) in [6.45, 7) is 11.8. The summed E-state index contributed by atoms with van der Waals surface area (Å²) >= 11 is 0. The zero-order chi connectivity index (χ0) is 39.4. The van der Waals surface area contributed by atoms with E-state index in [0.717, 1.165) is 103 Å². The lowest BCUT2D eigenvalue weighted by Crippen LogP contribution is -2.27. The molecular weight excluding hydrogens is 675 g/mol. The van der Waals surface area contributed by atoms with Gasteiger partial charge in [-0.15, -0.1) is 0 Å². The highest BCUT2D eigenvalue weighted by Gasteiger charge is 2.14. The highest BCUT2D eigenvalue weighted by molar-refractivity contribution is 5.69. The van der Waals surface area contributed by atoms with Crippen LogP contribution < -0.4 is 0 Å². The van der Waals surface area contributed by atoms with Gasteiger partial charge in [0, 0.05) is 26.1 Å². The van der Waals surface area contributed by atoms with E-state index in [0.29, 0.717) is 26.1 Å². The fourth-order valence-electron chi connectivity index (χ4n) is 7.00. The van der Waals surface area contributed by atoms with E-state index in [1.54, 1.807) is 0 Å². The lowest BCUT2D eigenvalue weighted by atomic mass is 10.0. The summed E-state index contributed by atoms with van der Waals surface area (Å²) in [6.07, 6.45) is 40.3. The van der Waals surface area contributed by atoms with Crippen molar-refractivity contribution in [1.82, 2.24) is 4.90 Å². The van der Waals surface area contributed by atoms with Gasteiger partial charge in [-0.2, -0.15) is 0 Å². The zero-order valence-electron chi connectivity index (χ0n) is 36.2. The molecule has 0 bridgehead atoms. The van der Waals surface area contributed by atoms with Crippen LogP contribution in [-0.2, 0) is 23.8 Å². The second-order valence-corrected chi connectivity index (χ2v) is 15.8. The number of hydrogen-bond acceptors (Lipinski definition) is 7. The van der Waals surface area contributed by atoms with Gasteiger partial charge >= 0.3 is 11.9 Å². The van der Waals surface area contributed by atoms with Gasteiger partial charge in [0.1, 0.15) is 12.7 Å². The SMILES string of the molecule is CCCCCCCCOCC=CCOC(=O)CCCCCN(CCCCO)CCCCCCCC(=O)OC(CCCCCCCC)CCCCCCCC. The van der Waals surface area contributed by atoms with Crippen LogP contribution in [0.2, 0.25) is 0 Å². The van der Waals surface area contributed by atoms with Gasteiger partial charge in [0.15, 0.2) is 0 Å². The van der Waals surface area contributed by atoms with Crippen LogP contribution in [0, 0.1) is 0 Å². The number of aliphatic hydroxyl groups is 1. The fourth-order valence-corrected chi connectivity index (χ4v) is 7.00. The molecule has 0 aliphatic carbocycles. The number of unbranched alkanes of at least 4 members (excludes halogenated alkanes) is 22. The van der Waals surface area contributed by atoms with Crippen LogP contribution in [-0.4, -0.2) is 74.1 Å². The van der Waals surface area contributed by atoms with E-state index in [1.165, 1.54) is 116 Å². The number of rotatable bonds is 44. The molecule has 1 N–H and O–H groups in total. The standard InChI is InChI=1S/C47H91NO6/c1-4-7-10-13-17-23-34-45(35-24-18-14-11-8-5-2)54-47(51)37-25-19-16-20-27-38-48(40-29-30-41-49)39-28-22-26-36-46(50)53-44-33-32-43-52-42-31-21-15-12-9-6-3/h32-33,45,49H,4-31,34-44H2,1-3H3. The van der Waals surface area contributed by atoms with Crippen LogP contribution in [0.3, 0.4) is 0 Å². The van der Waals surface area contributed by atoms with Gasteiger partial charge in [-0.1, -0.05) is 149 Å². The summed E-state index contributed by atoms with van der Waals surface area (Å²) in [4.78, 5) is 27.4. The summed E-state index contributed by atoms with van der Waals surface area (Å²) in [6, 6.07) is 0. The second kappa shape index (κ2) is 44.3. The summed E-state index contributed by atoms with van der Waals surface area (Å²) < 4.78 is 17.0. The van der Waals surface area contributed by atoms with Gasteiger partial charge < -0.3 is 24.2 Å². The molecule has 0 radical (unpaired) electrons. The predicted octanol–water partition coefficient (Wildman–Crippen LogP) is 12.9. The Labute approximate surface area is 335 Å². The van der Waals surface area contributed by atoms with Gasteiger partial charge in [-0.05, 0) is 96.3 Å². The molecule has 0 aliphatic heterocycles. The van der Waals surface area contributed by atoms with Crippen molar-refractivity contribution in [2.24, 2.45) is 0 Å². The minimum absolute atomic E-state index is 0.0107. The number of carbonyl (C=O) groups excluding carboxylic acids is 2. The lowest BCUT2D eigenvalue weighted by Gasteiger charge is -2.22. The van der Waals surface area contributed by atoms with E-state index < -0.39 is 0 Å². The molecule has 0 aromatic heterocycles. The quantitative estimate of drug-likeness (QED) is 0.0375. The largest absolute Gasteiger partial charge is 0.462 e. The molecule has 0 aromatic rings. The molecule has 0 heterocycles. The molecular formula is C47H91NO6. The van der Waals surface area contributed by atoms with Gasteiger partial charge in [0.25, 0.3) is 0 Å². The molecule has 0 unspecified atom stereocenters. The molecule has 7 nitrogen and oxygen atoms in total. The van der Waals surface area contributed by atoms with Crippen molar-refractivity contribution >= 4 is 11.9 Å². The monoisotopic (exact) mass is 766 g/mol. The van der Waals surface area contributed by atoms with E-state index >= 15 is 0 Å². The van der Waals surface area contributed by atoms with Crippen molar-refractivity contribution in [2.75, 3.05) is 46.1 Å². The Balaban J connectivity index is 4.12. The van der Waals surface area contributed by atoms with E-state index in [2.05, 4.69) is 25.7 Å². The number of aliphatic hydroxyl groups excluding tert-OH is 1. The first kappa shape index (κ1) is 52.6. The Morgan fingerprint density at radius 2 is 0.926 bits per heavy atom. The third-order valence-electron chi connectivity index (χ3n) is 10.5. The van der Waals surface area contributed by atoms with Gasteiger partial charge in [0.05, 0.1) is 6.61 Å². The maximum atomic E-state index is 12.7. The molecule has 0 spiro atoms. The van der Waals surface area contributed by atoms with E-state index in [4.69, 9.17) is 14.2 Å². The zero-order valence-corrected chi connectivity index (χ0v) is 36.2. The second-order valence-electron chi connectivity index (χ2n) is 15.8. The van der Waals surface area contributed by atoms with E-state index in [1.807, 2.05) is 12.2 Å². The molecule has 54 heavy (non-hydrogen) atoms. The van der Waals surface area contributed by atoms with Crippen LogP contribution in [0.5, 0.6) is 0 Å². The van der Waals surface area contributed by atoms with Gasteiger partial charge in [0.2, 0.25) is 0 Å². The molecule has 0 atom stereocenters. The van der Waals surface area contributed by atoms with Gasteiger partial charge in [-0.25, -0.2) is 0 Å². The molecule has 0 saturated carbocycles. The van der Waals surface area contributed by atoms with Crippen LogP contribution in [0.4, 0.5) is 0 Å². The van der Waals surface area contributed by atoms with Crippen molar-refractivity contribution in [3.05, 3.63) is 12.2 Å². The molecule has 0 saturated heterocycles.